The zero-order valence-electron chi connectivity index (χ0n) is 31.4. The molecule has 0 amide bonds. The molecule has 2 heterocycles. The van der Waals surface area contributed by atoms with Crippen LogP contribution in [0.25, 0.3) is 0 Å². The zero-order valence-corrected chi connectivity index (χ0v) is 35.2. The van der Waals surface area contributed by atoms with Gasteiger partial charge in [-0.1, -0.05) is 31.9 Å². The third kappa shape index (κ3) is 16.3. The fraction of sp³-hybridized carbons (Fsp3) is 0.839. The summed E-state index contributed by atoms with van der Waals surface area (Å²) < 4.78 is 65.6. The molecule has 1 fully saturated rings. The summed E-state index contributed by atoms with van der Waals surface area (Å²) >= 11 is 0. The van der Waals surface area contributed by atoms with Crippen molar-refractivity contribution in [3.05, 3.63) is 23.8 Å². The van der Waals surface area contributed by atoms with Gasteiger partial charge in [0, 0.05) is 5.82 Å². The molecule has 278 valence electrons. The van der Waals surface area contributed by atoms with Crippen molar-refractivity contribution < 1.29 is 45.9 Å². The first-order valence-electron chi connectivity index (χ1n) is 17.1. The second kappa shape index (κ2) is 19.5. The molecule has 5 atom stereocenters. The highest BCUT2D eigenvalue weighted by atomic mass is 31.2. The molecule has 1 aliphatic heterocycles. The third-order valence-corrected chi connectivity index (χ3v) is 11.3. The van der Waals surface area contributed by atoms with Gasteiger partial charge in [0.25, 0.3) is 0 Å². The minimum absolute atomic E-state index is 0.0723. The first kappa shape index (κ1) is 43.1. The second-order valence-electron chi connectivity index (χ2n) is 14.9. The zero-order chi connectivity index (χ0) is 36.2. The Morgan fingerprint density at radius 1 is 0.896 bits per heavy atom. The second-order valence-corrected chi connectivity index (χ2v) is 30.2. The summed E-state index contributed by atoms with van der Waals surface area (Å²) in [6.45, 7) is 24.2. The van der Waals surface area contributed by atoms with Crippen molar-refractivity contribution in [2.45, 2.75) is 149 Å². The molecular weight excluding hydrogens is 690 g/mol. The van der Waals surface area contributed by atoms with E-state index in [1.807, 2.05) is 0 Å². The lowest BCUT2D eigenvalue weighted by Crippen LogP contribution is -2.65. The summed E-state index contributed by atoms with van der Waals surface area (Å²) in [5.41, 5.74) is 0.559. The van der Waals surface area contributed by atoms with Crippen LogP contribution >= 0.6 is 7.60 Å². The highest BCUT2D eigenvalue weighted by Crippen LogP contribution is 2.51. The lowest BCUT2D eigenvalue weighted by molar-refractivity contribution is -0.280. The number of rotatable bonds is 22. The molecule has 0 aromatic carbocycles. The molecule has 13 nitrogen and oxygen atoms in total. The highest BCUT2D eigenvalue weighted by molar-refractivity contribution is 7.57. The molecule has 17 heteroatoms. The Hall–Kier alpha value is -1.05. The predicted octanol–water partition coefficient (Wildman–Crippen LogP) is 7.08. The van der Waals surface area contributed by atoms with Crippen molar-refractivity contribution in [3.63, 3.8) is 0 Å². The van der Waals surface area contributed by atoms with Gasteiger partial charge in [-0.25, -0.2) is 0 Å². The van der Waals surface area contributed by atoms with Gasteiger partial charge in [0.1, 0.15) is 30.1 Å². The van der Waals surface area contributed by atoms with Crippen LogP contribution in [-0.2, 0) is 59.0 Å². The number of unbranched alkanes of at least 4 members (excludes halogenated alkanes) is 2. The number of aromatic nitrogens is 3. The topological polar surface area (TPSA) is 139 Å². The summed E-state index contributed by atoms with van der Waals surface area (Å²) in [6.07, 6.45) is 3.66. The molecule has 1 aromatic heterocycles. The molecule has 0 N–H and O–H groups in total. The summed E-state index contributed by atoms with van der Waals surface area (Å²) in [4.78, 5) is 11.6. The van der Waals surface area contributed by atoms with E-state index >= 15 is 0 Å². The van der Waals surface area contributed by atoms with Crippen LogP contribution in [0.3, 0.4) is 0 Å². The SMILES string of the molecule is CCCCOP(=O)(/C=C/C1O[C@H](OCc2cn(CCC(=O)OC)nn2)C(O[Si](C)(C)C)C(O[Si](C)(C)C)[C@@H]1O[Si](C)(C)C)OCCCC. The largest absolute Gasteiger partial charge is 0.469 e. The van der Waals surface area contributed by atoms with Crippen LogP contribution < -0.4 is 0 Å². The fourth-order valence-corrected chi connectivity index (χ4v) is 9.34. The molecule has 0 aliphatic carbocycles. The van der Waals surface area contributed by atoms with Gasteiger partial charge in [-0.15, -0.1) is 5.10 Å². The van der Waals surface area contributed by atoms with Gasteiger partial charge in [0.15, 0.2) is 31.2 Å². The van der Waals surface area contributed by atoms with Crippen molar-refractivity contribution in [2.75, 3.05) is 20.3 Å². The smallest absolute Gasteiger partial charge is 0.353 e. The number of hydrogen-bond acceptors (Lipinski definition) is 12. The quantitative estimate of drug-likeness (QED) is 0.0518. The minimum atomic E-state index is -3.59. The van der Waals surface area contributed by atoms with Gasteiger partial charge in [-0.05, 0) is 77.8 Å². The fourth-order valence-electron chi connectivity index (χ4n) is 4.72. The van der Waals surface area contributed by atoms with E-state index in [2.05, 4.69) is 83.1 Å². The molecular formula is C31H62N3O10PSi3. The Morgan fingerprint density at radius 3 is 1.96 bits per heavy atom. The van der Waals surface area contributed by atoms with Crippen molar-refractivity contribution in [1.29, 1.82) is 0 Å². The highest BCUT2D eigenvalue weighted by Gasteiger charge is 2.51. The van der Waals surface area contributed by atoms with Crippen LogP contribution in [0, 0.1) is 0 Å². The van der Waals surface area contributed by atoms with Crippen LogP contribution in [0.5, 0.6) is 0 Å². The average Bonchev–Trinajstić information content (AvgIpc) is 3.42. The number of carbonyl (C=O) groups is 1. The summed E-state index contributed by atoms with van der Waals surface area (Å²) in [7, 11) is -8.77. The molecule has 0 bridgehead atoms. The normalized spacial score (nSPS) is 22.8. The number of hydrogen-bond donors (Lipinski definition) is 0. The Balaban J connectivity index is 2.53. The lowest BCUT2D eigenvalue weighted by Gasteiger charge is -2.50. The Kier molecular flexibility index (Phi) is 17.5. The van der Waals surface area contributed by atoms with Crippen LogP contribution in [-0.4, -0.2) is 96.9 Å². The number of esters is 1. The van der Waals surface area contributed by atoms with E-state index in [4.69, 9.17) is 36.5 Å². The number of methoxy groups -OCH3 is 1. The monoisotopic (exact) mass is 751 g/mol. The minimum Gasteiger partial charge on any atom is -0.469 e. The summed E-state index contributed by atoms with van der Waals surface area (Å²) in [5.74, 6) is 1.18. The molecule has 0 radical (unpaired) electrons. The van der Waals surface area contributed by atoms with Crippen LogP contribution in [0.2, 0.25) is 58.9 Å². The summed E-state index contributed by atoms with van der Waals surface area (Å²) in [6, 6.07) is 0. The predicted molar refractivity (Wildman–Crippen MR) is 193 cm³/mol. The first-order valence-corrected chi connectivity index (χ1v) is 29.0. The van der Waals surface area contributed by atoms with Gasteiger partial charge < -0.3 is 36.5 Å². The van der Waals surface area contributed by atoms with Crippen molar-refractivity contribution in [2.24, 2.45) is 0 Å². The van der Waals surface area contributed by atoms with Crippen LogP contribution in [0.4, 0.5) is 0 Å². The molecule has 0 saturated carbocycles. The van der Waals surface area contributed by atoms with E-state index < -0.39 is 63.3 Å². The maximum absolute atomic E-state index is 13.9. The van der Waals surface area contributed by atoms with E-state index in [0.29, 0.717) is 25.5 Å². The Morgan fingerprint density at radius 2 is 1.44 bits per heavy atom. The van der Waals surface area contributed by atoms with Crippen molar-refractivity contribution in [1.82, 2.24) is 15.0 Å². The van der Waals surface area contributed by atoms with Crippen molar-refractivity contribution in [3.8, 4) is 0 Å². The molecule has 1 aliphatic rings. The maximum Gasteiger partial charge on any atom is 0.353 e. The van der Waals surface area contributed by atoms with E-state index in [-0.39, 0.29) is 19.0 Å². The maximum atomic E-state index is 13.9. The van der Waals surface area contributed by atoms with E-state index in [1.54, 1.807) is 17.0 Å². The average molecular weight is 752 g/mol. The number of nitrogens with zero attached hydrogens (tertiary/aromatic N) is 3. The van der Waals surface area contributed by atoms with Crippen LogP contribution in [0.15, 0.2) is 18.1 Å². The molecule has 1 aromatic rings. The lowest BCUT2D eigenvalue weighted by atomic mass is 9.99. The number of aryl methyl sites for hydroxylation is 1. The van der Waals surface area contributed by atoms with Crippen LogP contribution in [0.1, 0.15) is 51.6 Å². The Labute approximate surface area is 291 Å². The number of ether oxygens (including phenoxy) is 3. The van der Waals surface area contributed by atoms with Gasteiger partial charge >= 0.3 is 13.6 Å². The summed E-state index contributed by atoms with van der Waals surface area (Å²) in [5, 5.41) is 8.35. The standard InChI is InChI=1S/C31H62N3O10PSi3/c1-13-15-20-39-45(36,40-21-16-14-2)22-18-26-28(42-46(4,5)6)29(43-47(7,8)9)30(44-48(10,11)12)31(41-26)38-24-25-23-34(33-32-25)19-17-27(35)37-3/h18,22-23,26,28-31H,13-17,19-21,24H2,1-12H3/b22-18+/t26?,28-,29?,30?,31+/m1/s1. The first-order chi connectivity index (χ1) is 22.3. The van der Waals surface area contributed by atoms with Gasteiger partial charge in [-0.2, -0.15) is 0 Å². The number of carbonyl (C=O) groups excluding carboxylic acids is 1. The van der Waals surface area contributed by atoms with Gasteiger partial charge in [0.05, 0.1) is 46.1 Å². The molecule has 3 unspecified atom stereocenters. The third-order valence-electron chi connectivity index (χ3n) is 6.75. The molecule has 1 saturated heterocycles. The molecule has 0 spiro atoms. The molecule has 2 rings (SSSR count). The van der Waals surface area contributed by atoms with Gasteiger partial charge in [0.2, 0.25) is 0 Å². The molecule has 48 heavy (non-hydrogen) atoms. The van der Waals surface area contributed by atoms with Gasteiger partial charge in [-0.3, -0.25) is 14.0 Å². The van der Waals surface area contributed by atoms with E-state index in [9.17, 15) is 9.36 Å². The Bertz CT molecular complexity index is 1170. The van der Waals surface area contributed by atoms with E-state index in [1.165, 1.54) is 12.9 Å². The van der Waals surface area contributed by atoms with Crippen molar-refractivity contribution >= 4 is 38.5 Å². The van der Waals surface area contributed by atoms with E-state index in [0.717, 1.165) is 25.7 Å².